The van der Waals surface area contributed by atoms with E-state index < -0.39 is 5.67 Å². The zero-order valence-corrected chi connectivity index (χ0v) is 6.25. The van der Waals surface area contributed by atoms with Crippen molar-refractivity contribution in [2.24, 2.45) is 0 Å². The Bertz CT molecular complexity index is 86.9. The molecule has 0 saturated heterocycles. The normalized spacial score (nSPS) is 26.0. The predicted molar refractivity (Wildman–Crippen MR) is 37.6 cm³/mol. The molecule has 1 aliphatic carbocycles. The largest absolute Gasteiger partial charge is 0.243 e. The van der Waals surface area contributed by atoms with E-state index in [1.165, 1.54) is 6.42 Å². The molecule has 0 aromatic heterocycles. The van der Waals surface area contributed by atoms with Gasteiger partial charge in [0.2, 0.25) is 0 Å². The first kappa shape index (κ1) is 7.33. The van der Waals surface area contributed by atoms with Gasteiger partial charge in [0.15, 0.2) is 0 Å². The van der Waals surface area contributed by atoms with Crippen molar-refractivity contribution in [1.82, 2.24) is 0 Å². The molecule has 1 saturated carbocycles. The van der Waals surface area contributed by atoms with Crippen molar-refractivity contribution in [3.8, 4) is 0 Å². The first-order valence-corrected chi connectivity index (χ1v) is 4.05. The van der Waals surface area contributed by atoms with Gasteiger partial charge in [0.05, 0.1) is 5.88 Å². The van der Waals surface area contributed by atoms with Crippen LogP contribution >= 0.6 is 11.6 Å². The van der Waals surface area contributed by atoms with E-state index in [-0.39, 0.29) is 5.88 Å². The summed E-state index contributed by atoms with van der Waals surface area (Å²) in [6, 6.07) is 0. The van der Waals surface area contributed by atoms with Crippen LogP contribution in [0.15, 0.2) is 0 Å². The number of hydrogen-bond acceptors (Lipinski definition) is 0. The number of halogens is 2. The molecule has 0 nitrogen and oxygen atoms in total. The highest BCUT2D eigenvalue weighted by Gasteiger charge is 2.30. The van der Waals surface area contributed by atoms with E-state index in [0.717, 1.165) is 12.8 Å². The molecule has 1 aliphatic rings. The van der Waals surface area contributed by atoms with Gasteiger partial charge in [-0.3, -0.25) is 0 Å². The lowest BCUT2D eigenvalue weighted by atomic mass is 9.88. The standard InChI is InChI=1S/C7H12ClF/c8-6-7(9)4-2-1-3-5-7/h1-6H2. The molecule has 1 fully saturated rings. The van der Waals surface area contributed by atoms with Gasteiger partial charge in [0.25, 0.3) is 0 Å². The Morgan fingerprint density at radius 2 is 1.78 bits per heavy atom. The van der Waals surface area contributed by atoms with Gasteiger partial charge in [-0.05, 0) is 12.8 Å². The summed E-state index contributed by atoms with van der Waals surface area (Å²) in [5.74, 6) is 0.188. The molecular weight excluding hydrogens is 139 g/mol. The maximum Gasteiger partial charge on any atom is 0.124 e. The van der Waals surface area contributed by atoms with Crippen LogP contribution in [0.3, 0.4) is 0 Å². The summed E-state index contributed by atoms with van der Waals surface area (Å²) in [7, 11) is 0. The number of hydrogen-bond donors (Lipinski definition) is 0. The second-order valence-electron chi connectivity index (χ2n) is 2.85. The Balaban J connectivity index is 2.37. The Kier molecular flexibility index (Phi) is 2.34. The lowest BCUT2D eigenvalue weighted by Gasteiger charge is -2.26. The molecule has 0 radical (unpaired) electrons. The monoisotopic (exact) mass is 150 g/mol. The van der Waals surface area contributed by atoms with Gasteiger partial charge >= 0.3 is 0 Å². The maximum absolute atomic E-state index is 13.2. The summed E-state index contributed by atoms with van der Waals surface area (Å²) in [5.41, 5.74) is -1.01. The molecule has 0 aromatic carbocycles. The van der Waals surface area contributed by atoms with Gasteiger partial charge < -0.3 is 0 Å². The third-order valence-electron chi connectivity index (χ3n) is 1.99. The van der Waals surface area contributed by atoms with Gasteiger partial charge in [0, 0.05) is 0 Å². The maximum atomic E-state index is 13.2. The highest BCUT2D eigenvalue weighted by atomic mass is 35.5. The van der Waals surface area contributed by atoms with Crippen LogP contribution in [0.25, 0.3) is 0 Å². The summed E-state index contributed by atoms with van der Waals surface area (Å²) < 4.78 is 13.2. The van der Waals surface area contributed by atoms with Crippen LogP contribution in [0.5, 0.6) is 0 Å². The van der Waals surface area contributed by atoms with E-state index in [2.05, 4.69) is 0 Å². The molecule has 0 bridgehead atoms. The van der Waals surface area contributed by atoms with Crippen LogP contribution in [0.4, 0.5) is 4.39 Å². The average Bonchev–Trinajstić information content (AvgIpc) is 1.90. The summed E-state index contributed by atoms with van der Waals surface area (Å²) in [6.45, 7) is 0. The van der Waals surface area contributed by atoms with Gasteiger partial charge in [0.1, 0.15) is 5.67 Å². The minimum absolute atomic E-state index is 0.188. The van der Waals surface area contributed by atoms with E-state index >= 15 is 0 Å². The fourth-order valence-electron chi connectivity index (χ4n) is 1.32. The van der Waals surface area contributed by atoms with Crippen LogP contribution < -0.4 is 0 Å². The van der Waals surface area contributed by atoms with E-state index in [0.29, 0.717) is 12.8 Å². The highest BCUT2D eigenvalue weighted by Crippen LogP contribution is 2.32. The number of alkyl halides is 2. The van der Waals surface area contributed by atoms with E-state index in [9.17, 15) is 4.39 Å². The van der Waals surface area contributed by atoms with Crippen molar-refractivity contribution >= 4 is 11.6 Å². The predicted octanol–water partition coefficient (Wildman–Crippen LogP) is 2.90. The van der Waals surface area contributed by atoms with Crippen molar-refractivity contribution < 1.29 is 4.39 Å². The van der Waals surface area contributed by atoms with Crippen LogP contribution in [-0.2, 0) is 0 Å². The van der Waals surface area contributed by atoms with Crippen molar-refractivity contribution in [1.29, 1.82) is 0 Å². The van der Waals surface area contributed by atoms with Crippen LogP contribution in [0, 0.1) is 0 Å². The molecule has 0 unspecified atom stereocenters. The molecule has 9 heavy (non-hydrogen) atoms. The molecule has 2 heteroatoms. The van der Waals surface area contributed by atoms with Crippen LogP contribution in [0.1, 0.15) is 32.1 Å². The molecule has 0 aromatic rings. The average molecular weight is 151 g/mol. The zero-order chi connectivity index (χ0) is 6.74. The minimum atomic E-state index is -1.01. The fourth-order valence-corrected chi connectivity index (χ4v) is 1.59. The second kappa shape index (κ2) is 2.87. The first-order chi connectivity index (χ1) is 4.27. The first-order valence-electron chi connectivity index (χ1n) is 3.52. The second-order valence-corrected chi connectivity index (χ2v) is 3.11. The van der Waals surface area contributed by atoms with Crippen molar-refractivity contribution in [3.05, 3.63) is 0 Å². The number of rotatable bonds is 1. The van der Waals surface area contributed by atoms with Crippen molar-refractivity contribution in [2.75, 3.05) is 5.88 Å². The topological polar surface area (TPSA) is 0 Å². The zero-order valence-electron chi connectivity index (χ0n) is 5.50. The molecular formula is C7H12ClF. The van der Waals surface area contributed by atoms with Crippen molar-refractivity contribution in [2.45, 2.75) is 37.8 Å². The SMILES string of the molecule is FC1(CCl)CCCCC1. The Morgan fingerprint density at radius 3 is 2.11 bits per heavy atom. The smallest absolute Gasteiger partial charge is 0.124 e. The highest BCUT2D eigenvalue weighted by molar-refractivity contribution is 6.18. The summed E-state index contributed by atoms with van der Waals surface area (Å²) in [4.78, 5) is 0. The lowest BCUT2D eigenvalue weighted by molar-refractivity contribution is 0.133. The Labute approximate surface area is 60.4 Å². The summed E-state index contributed by atoms with van der Waals surface area (Å²) in [5, 5.41) is 0. The quantitative estimate of drug-likeness (QED) is 0.505. The van der Waals surface area contributed by atoms with E-state index in [4.69, 9.17) is 11.6 Å². The van der Waals surface area contributed by atoms with Crippen molar-refractivity contribution in [3.63, 3.8) is 0 Å². The molecule has 0 atom stereocenters. The van der Waals surface area contributed by atoms with Gasteiger partial charge in [-0.1, -0.05) is 19.3 Å². The van der Waals surface area contributed by atoms with Gasteiger partial charge in [-0.25, -0.2) is 4.39 Å². The Morgan fingerprint density at radius 1 is 1.22 bits per heavy atom. The van der Waals surface area contributed by atoms with E-state index in [1.807, 2.05) is 0 Å². The third kappa shape index (κ3) is 1.82. The van der Waals surface area contributed by atoms with Gasteiger partial charge in [-0.2, -0.15) is 0 Å². The molecule has 0 N–H and O–H groups in total. The molecule has 54 valence electrons. The molecule has 0 amide bonds. The molecule has 0 aliphatic heterocycles. The van der Waals surface area contributed by atoms with Gasteiger partial charge in [-0.15, -0.1) is 11.6 Å². The fraction of sp³-hybridized carbons (Fsp3) is 1.00. The molecule has 1 rings (SSSR count). The third-order valence-corrected chi connectivity index (χ3v) is 2.47. The lowest BCUT2D eigenvalue weighted by Crippen LogP contribution is -2.27. The minimum Gasteiger partial charge on any atom is -0.243 e. The summed E-state index contributed by atoms with van der Waals surface area (Å²) >= 11 is 5.45. The molecule has 0 heterocycles. The molecule has 0 spiro atoms. The summed E-state index contributed by atoms with van der Waals surface area (Å²) in [6.07, 6.45) is 4.57. The van der Waals surface area contributed by atoms with Crippen LogP contribution in [0.2, 0.25) is 0 Å². The Hall–Kier alpha value is 0.220. The van der Waals surface area contributed by atoms with Crippen LogP contribution in [-0.4, -0.2) is 11.5 Å². The van der Waals surface area contributed by atoms with E-state index in [1.54, 1.807) is 0 Å².